The standard InChI is InChI=1S/C12H17BrN2/c1-12(3-2-11(14)6-12)5-9-4-10(13)8-15-7-9/h4,7-8,11H,2-3,5-6,14H2,1H3. The molecule has 1 heterocycles. The lowest BCUT2D eigenvalue weighted by atomic mass is 9.82. The van der Waals surface area contributed by atoms with Crippen molar-refractivity contribution < 1.29 is 0 Å². The van der Waals surface area contributed by atoms with Gasteiger partial charge < -0.3 is 5.73 Å². The van der Waals surface area contributed by atoms with Crippen LogP contribution in [0.3, 0.4) is 0 Å². The first-order valence-corrected chi connectivity index (χ1v) is 6.22. The number of nitrogens with zero attached hydrogens (tertiary/aromatic N) is 1. The Hall–Kier alpha value is -0.410. The summed E-state index contributed by atoms with van der Waals surface area (Å²) in [5, 5.41) is 0. The Labute approximate surface area is 99.4 Å². The molecule has 1 aromatic heterocycles. The molecule has 0 aromatic carbocycles. The molecule has 2 rings (SSSR count). The van der Waals surface area contributed by atoms with Crippen LogP contribution in [0.15, 0.2) is 22.9 Å². The Bertz CT molecular complexity index is 353. The molecule has 3 heteroatoms. The largest absolute Gasteiger partial charge is 0.328 e. The molecule has 82 valence electrons. The fourth-order valence-corrected chi connectivity index (χ4v) is 2.99. The van der Waals surface area contributed by atoms with E-state index >= 15 is 0 Å². The molecule has 1 aliphatic rings. The van der Waals surface area contributed by atoms with Crippen LogP contribution in [0.2, 0.25) is 0 Å². The second-order valence-corrected chi connectivity index (χ2v) is 5.92. The first-order valence-electron chi connectivity index (χ1n) is 5.42. The van der Waals surface area contributed by atoms with E-state index in [1.165, 1.54) is 12.0 Å². The van der Waals surface area contributed by atoms with Gasteiger partial charge in [-0.05, 0) is 58.7 Å². The van der Waals surface area contributed by atoms with E-state index in [0.717, 1.165) is 23.7 Å². The van der Waals surface area contributed by atoms with E-state index in [1.807, 2.05) is 12.4 Å². The van der Waals surface area contributed by atoms with E-state index in [0.29, 0.717) is 11.5 Å². The monoisotopic (exact) mass is 268 g/mol. The highest BCUT2D eigenvalue weighted by molar-refractivity contribution is 9.10. The van der Waals surface area contributed by atoms with Gasteiger partial charge in [0.05, 0.1) is 0 Å². The molecule has 1 aliphatic carbocycles. The van der Waals surface area contributed by atoms with E-state index in [1.54, 1.807) is 0 Å². The zero-order valence-electron chi connectivity index (χ0n) is 9.04. The van der Waals surface area contributed by atoms with Crippen LogP contribution in [0.4, 0.5) is 0 Å². The third-order valence-corrected chi connectivity index (χ3v) is 3.70. The van der Waals surface area contributed by atoms with Crippen molar-refractivity contribution in [3.63, 3.8) is 0 Å². The Morgan fingerprint density at radius 3 is 3.00 bits per heavy atom. The van der Waals surface area contributed by atoms with Gasteiger partial charge in [-0.25, -0.2) is 0 Å². The van der Waals surface area contributed by atoms with E-state index in [9.17, 15) is 0 Å². The van der Waals surface area contributed by atoms with E-state index in [4.69, 9.17) is 5.73 Å². The van der Waals surface area contributed by atoms with Gasteiger partial charge in [-0.3, -0.25) is 4.98 Å². The first kappa shape index (κ1) is 11.1. The zero-order chi connectivity index (χ0) is 10.9. The molecule has 2 N–H and O–H groups in total. The molecule has 2 nitrogen and oxygen atoms in total. The molecule has 1 aromatic rings. The summed E-state index contributed by atoms with van der Waals surface area (Å²) in [6.07, 6.45) is 8.41. The van der Waals surface area contributed by atoms with Crippen LogP contribution >= 0.6 is 15.9 Å². The lowest BCUT2D eigenvalue weighted by molar-refractivity contribution is 0.329. The second-order valence-electron chi connectivity index (χ2n) is 5.00. The smallest absolute Gasteiger partial charge is 0.0410 e. The number of hydrogen-bond donors (Lipinski definition) is 1. The van der Waals surface area contributed by atoms with Crippen LogP contribution in [-0.4, -0.2) is 11.0 Å². The van der Waals surface area contributed by atoms with Gasteiger partial charge in [-0.2, -0.15) is 0 Å². The quantitative estimate of drug-likeness (QED) is 0.896. The average molecular weight is 269 g/mol. The minimum atomic E-state index is 0.377. The predicted molar refractivity (Wildman–Crippen MR) is 65.6 cm³/mol. The molecular weight excluding hydrogens is 252 g/mol. The summed E-state index contributed by atoms with van der Waals surface area (Å²) in [7, 11) is 0. The van der Waals surface area contributed by atoms with E-state index in [-0.39, 0.29) is 0 Å². The minimum Gasteiger partial charge on any atom is -0.328 e. The van der Waals surface area contributed by atoms with Crippen molar-refractivity contribution in [3.05, 3.63) is 28.5 Å². The number of aromatic nitrogens is 1. The maximum Gasteiger partial charge on any atom is 0.0410 e. The van der Waals surface area contributed by atoms with Gasteiger partial charge in [0, 0.05) is 22.9 Å². The summed E-state index contributed by atoms with van der Waals surface area (Å²) in [6, 6.07) is 2.55. The van der Waals surface area contributed by atoms with Crippen molar-refractivity contribution in [3.8, 4) is 0 Å². The summed E-state index contributed by atoms with van der Waals surface area (Å²) in [5.74, 6) is 0. The van der Waals surface area contributed by atoms with E-state index < -0.39 is 0 Å². The normalized spacial score (nSPS) is 30.7. The third-order valence-electron chi connectivity index (χ3n) is 3.27. The summed E-state index contributed by atoms with van der Waals surface area (Å²) in [4.78, 5) is 4.20. The van der Waals surface area contributed by atoms with Crippen LogP contribution in [0.1, 0.15) is 31.7 Å². The van der Waals surface area contributed by atoms with Crippen molar-refractivity contribution in [1.29, 1.82) is 0 Å². The van der Waals surface area contributed by atoms with Crippen LogP contribution in [0.25, 0.3) is 0 Å². The van der Waals surface area contributed by atoms with Crippen molar-refractivity contribution in [2.75, 3.05) is 0 Å². The highest BCUT2D eigenvalue weighted by Crippen LogP contribution is 2.39. The van der Waals surface area contributed by atoms with E-state index in [2.05, 4.69) is 33.9 Å². The lowest BCUT2D eigenvalue weighted by Gasteiger charge is -2.23. The molecule has 0 amide bonds. The zero-order valence-corrected chi connectivity index (χ0v) is 10.6. The van der Waals surface area contributed by atoms with Gasteiger partial charge in [0.15, 0.2) is 0 Å². The molecule has 0 saturated heterocycles. The SMILES string of the molecule is CC1(Cc2cncc(Br)c2)CCC(N)C1. The molecule has 15 heavy (non-hydrogen) atoms. The summed E-state index contributed by atoms with van der Waals surface area (Å²) >= 11 is 3.45. The maximum absolute atomic E-state index is 5.97. The lowest BCUT2D eigenvalue weighted by Crippen LogP contribution is -2.21. The minimum absolute atomic E-state index is 0.377. The summed E-state index contributed by atoms with van der Waals surface area (Å²) in [6.45, 7) is 2.33. The molecule has 0 bridgehead atoms. The molecule has 1 saturated carbocycles. The molecule has 1 fully saturated rings. The van der Waals surface area contributed by atoms with Gasteiger partial charge in [-0.1, -0.05) is 6.92 Å². The average Bonchev–Trinajstić information content (AvgIpc) is 2.45. The topological polar surface area (TPSA) is 38.9 Å². The second kappa shape index (κ2) is 4.22. The van der Waals surface area contributed by atoms with Crippen LogP contribution < -0.4 is 5.73 Å². The summed E-state index contributed by atoms with van der Waals surface area (Å²) < 4.78 is 1.06. The molecule has 0 aliphatic heterocycles. The third kappa shape index (κ3) is 2.79. The summed E-state index contributed by atoms with van der Waals surface area (Å²) in [5.41, 5.74) is 7.65. The Balaban J connectivity index is 2.08. The molecule has 2 unspecified atom stereocenters. The fourth-order valence-electron chi connectivity index (χ4n) is 2.58. The number of nitrogens with two attached hydrogens (primary N) is 1. The molecule has 2 atom stereocenters. The van der Waals surface area contributed by atoms with Crippen molar-refractivity contribution in [1.82, 2.24) is 4.98 Å². The highest BCUT2D eigenvalue weighted by Gasteiger charge is 2.33. The van der Waals surface area contributed by atoms with Gasteiger partial charge in [0.1, 0.15) is 0 Å². The highest BCUT2D eigenvalue weighted by atomic mass is 79.9. The number of hydrogen-bond acceptors (Lipinski definition) is 2. The van der Waals surface area contributed by atoms with Crippen LogP contribution in [0.5, 0.6) is 0 Å². The van der Waals surface area contributed by atoms with Crippen LogP contribution in [0, 0.1) is 5.41 Å². The molecule has 0 spiro atoms. The van der Waals surface area contributed by atoms with Gasteiger partial charge in [0.2, 0.25) is 0 Å². The van der Waals surface area contributed by atoms with Crippen molar-refractivity contribution in [2.45, 2.75) is 38.6 Å². The number of halogens is 1. The Kier molecular flexibility index (Phi) is 3.12. The number of pyridine rings is 1. The molecule has 0 radical (unpaired) electrons. The fraction of sp³-hybridized carbons (Fsp3) is 0.583. The molecular formula is C12H17BrN2. The number of rotatable bonds is 2. The van der Waals surface area contributed by atoms with Gasteiger partial charge in [-0.15, -0.1) is 0 Å². The van der Waals surface area contributed by atoms with Crippen molar-refractivity contribution >= 4 is 15.9 Å². The van der Waals surface area contributed by atoms with Crippen molar-refractivity contribution in [2.24, 2.45) is 11.1 Å². The van der Waals surface area contributed by atoms with Crippen LogP contribution in [-0.2, 0) is 6.42 Å². The van der Waals surface area contributed by atoms with Gasteiger partial charge in [0.25, 0.3) is 0 Å². The first-order chi connectivity index (χ1) is 7.07. The predicted octanol–water partition coefficient (Wildman–Crippen LogP) is 2.90. The Morgan fingerprint density at radius 2 is 2.40 bits per heavy atom. The maximum atomic E-state index is 5.97. The Morgan fingerprint density at radius 1 is 1.60 bits per heavy atom. The van der Waals surface area contributed by atoms with Gasteiger partial charge >= 0.3 is 0 Å².